The fourth-order valence-corrected chi connectivity index (χ4v) is 4.57. The van der Waals surface area contributed by atoms with Gasteiger partial charge in [0.2, 0.25) is 21.8 Å². The van der Waals surface area contributed by atoms with Crippen LogP contribution >= 0.6 is 15.9 Å². The van der Waals surface area contributed by atoms with Crippen LogP contribution in [0.15, 0.2) is 53.0 Å². The van der Waals surface area contributed by atoms with Gasteiger partial charge in [-0.3, -0.25) is 13.9 Å². The lowest BCUT2D eigenvalue weighted by Crippen LogP contribution is -2.51. The Kier molecular flexibility index (Phi) is 10.3. The summed E-state index contributed by atoms with van der Waals surface area (Å²) in [4.78, 5) is 27.8. The predicted octanol–water partition coefficient (Wildman–Crippen LogP) is 4.53. The Labute approximate surface area is 218 Å². The average molecular weight is 567 g/mol. The fraction of sp³-hybridized carbons (Fsp3) is 0.462. The third-order valence-electron chi connectivity index (χ3n) is 5.64. The molecule has 0 heterocycles. The number of anilines is 1. The lowest BCUT2D eigenvalue weighted by molar-refractivity contribution is -0.139. The molecule has 2 aromatic rings. The summed E-state index contributed by atoms with van der Waals surface area (Å²) in [5.41, 5.74) is 2.31. The number of sulfonamides is 1. The van der Waals surface area contributed by atoms with Crippen LogP contribution in [0.25, 0.3) is 0 Å². The molecule has 9 heteroatoms. The van der Waals surface area contributed by atoms with E-state index in [0.29, 0.717) is 18.2 Å². The van der Waals surface area contributed by atoms with Crippen LogP contribution in [0.2, 0.25) is 0 Å². The van der Waals surface area contributed by atoms with Crippen molar-refractivity contribution in [3.05, 3.63) is 64.1 Å². The molecular weight excluding hydrogens is 530 g/mol. The average Bonchev–Trinajstić information content (AvgIpc) is 2.79. The number of carbonyl (C=O) groups is 2. The molecule has 0 unspecified atom stereocenters. The predicted molar refractivity (Wildman–Crippen MR) is 145 cm³/mol. The maximum atomic E-state index is 13.5. The van der Waals surface area contributed by atoms with Crippen LogP contribution in [0.1, 0.15) is 51.7 Å². The molecule has 192 valence electrons. The van der Waals surface area contributed by atoms with Crippen molar-refractivity contribution >= 4 is 43.5 Å². The minimum atomic E-state index is -3.75. The molecule has 0 aliphatic carbocycles. The lowest BCUT2D eigenvalue weighted by Gasteiger charge is -2.31. The zero-order chi connectivity index (χ0) is 26.3. The van der Waals surface area contributed by atoms with Crippen molar-refractivity contribution in [3.8, 4) is 0 Å². The van der Waals surface area contributed by atoms with Crippen LogP contribution in [0, 0.1) is 5.92 Å². The maximum Gasteiger partial charge on any atom is 0.244 e. The smallest absolute Gasteiger partial charge is 0.244 e. The summed E-state index contributed by atoms with van der Waals surface area (Å²) >= 11 is 3.40. The first-order chi connectivity index (χ1) is 16.3. The topological polar surface area (TPSA) is 86.8 Å². The van der Waals surface area contributed by atoms with Crippen molar-refractivity contribution in [1.82, 2.24) is 10.2 Å². The third kappa shape index (κ3) is 8.65. The van der Waals surface area contributed by atoms with Gasteiger partial charge in [-0.2, -0.15) is 0 Å². The van der Waals surface area contributed by atoms with E-state index in [-0.39, 0.29) is 18.4 Å². The third-order valence-corrected chi connectivity index (χ3v) is 7.31. The van der Waals surface area contributed by atoms with Gasteiger partial charge in [-0.1, -0.05) is 67.9 Å². The Hall–Kier alpha value is -2.39. The monoisotopic (exact) mass is 565 g/mol. The zero-order valence-corrected chi connectivity index (χ0v) is 23.7. The minimum absolute atomic E-state index is 0.173. The van der Waals surface area contributed by atoms with Crippen molar-refractivity contribution in [2.75, 3.05) is 23.7 Å². The quantitative estimate of drug-likeness (QED) is 0.433. The van der Waals surface area contributed by atoms with Gasteiger partial charge in [-0.25, -0.2) is 8.42 Å². The van der Waals surface area contributed by atoms with Gasteiger partial charge in [-0.15, -0.1) is 0 Å². The summed E-state index contributed by atoms with van der Waals surface area (Å²) in [5, 5.41) is 2.87. The van der Waals surface area contributed by atoms with Gasteiger partial charge < -0.3 is 10.2 Å². The van der Waals surface area contributed by atoms with Gasteiger partial charge in [0.1, 0.15) is 12.6 Å². The van der Waals surface area contributed by atoms with Gasteiger partial charge >= 0.3 is 0 Å². The molecule has 0 saturated carbocycles. The molecule has 0 radical (unpaired) electrons. The van der Waals surface area contributed by atoms with Crippen molar-refractivity contribution in [3.63, 3.8) is 0 Å². The number of nitrogens with one attached hydrogen (secondary N) is 1. The highest BCUT2D eigenvalue weighted by atomic mass is 79.9. The number of hydrogen-bond donors (Lipinski definition) is 1. The molecule has 0 aliphatic rings. The van der Waals surface area contributed by atoms with Gasteiger partial charge in [0.05, 0.1) is 11.9 Å². The summed E-state index contributed by atoms with van der Waals surface area (Å²) in [7, 11) is -3.75. The summed E-state index contributed by atoms with van der Waals surface area (Å²) in [6.45, 7) is 10.0. The van der Waals surface area contributed by atoms with Gasteiger partial charge in [0.15, 0.2) is 0 Å². The van der Waals surface area contributed by atoms with E-state index in [1.807, 2.05) is 50.2 Å². The molecular formula is C26H36BrN3O4S. The molecule has 2 amide bonds. The molecule has 0 aromatic heterocycles. The Morgan fingerprint density at radius 3 is 2.00 bits per heavy atom. The van der Waals surface area contributed by atoms with Crippen molar-refractivity contribution < 1.29 is 18.0 Å². The lowest BCUT2D eigenvalue weighted by atomic mass is 10.0. The van der Waals surface area contributed by atoms with Crippen LogP contribution < -0.4 is 9.62 Å². The zero-order valence-electron chi connectivity index (χ0n) is 21.3. The second kappa shape index (κ2) is 12.5. The molecule has 1 N–H and O–H groups in total. The molecule has 0 spiro atoms. The normalized spacial score (nSPS) is 12.5. The summed E-state index contributed by atoms with van der Waals surface area (Å²) in [6, 6.07) is 13.8. The molecule has 0 saturated heterocycles. The molecule has 35 heavy (non-hydrogen) atoms. The van der Waals surface area contributed by atoms with Crippen LogP contribution in [-0.4, -0.2) is 50.5 Å². The SMILES string of the molecule is CC(C)CNC(=O)[C@H](C)N(Cc1ccc(Br)cc1)C(=O)CN(c1ccc(C(C)C)cc1)S(C)(=O)=O. The number of carbonyl (C=O) groups excluding carboxylic acids is 2. The first-order valence-corrected chi connectivity index (χ1v) is 14.3. The molecule has 0 aliphatic heterocycles. The number of benzene rings is 2. The largest absolute Gasteiger partial charge is 0.354 e. The second-order valence-corrected chi connectivity index (χ2v) is 12.3. The van der Waals surface area contributed by atoms with E-state index >= 15 is 0 Å². The highest BCUT2D eigenvalue weighted by molar-refractivity contribution is 9.10. The number of rotatable bonds is 11. The first-order valence-electron chi connectivity index (χ1n) is 11.7. The van der Waals surface area contributed by atoms with E-state index < -0.39 is 28.5 Å². The number of hydrogen-bond acceptors (Lipinski definition) is 4. The summed E-state index contributed by atoms with van der Waals surface area (Å²) in [5.74, 6) is -0.185. The van der Waals surface area contributed by atoms with Crippen molar-refractivity contribution in [1.29, 1.82) is 0 Å². The maximum absolute atomic E-state index is 13.5. The molecule has 1 atom stereocenters. The van der Waals surface area contributed by atoms with E-state index in [0.717, 1.165) is 26.2 Å². The molecule has 0 fully saturated rings. The molecule has 2 rings (SSSR count). The Morgan fingerprint density at radius 2 is 1.51 bits per heavy atom. The Balaban J connectivity index is 2.35. The van der Waals surface area contributed by atoms with E-state index in [1.165, 1.54) is 4.90 Å². The standard InChI is InChI=1S/C26H36BrN3O4S/c1-18(2)15-28-26(32)20(5)29(16-21-7-11-23(27)12-8-21)25(31)17-30(35(6,33)34)24-13-9-22(10-14-24)19(3)4/h7-14,18-20H,15-17H2,1-6H3,(H,28,32)/t20-/m0/s1. The van der Waals surface area contributed by atoms with E-state index in [2.05, 4.69) is 35.1 Å². The Morgan fingerprint density at radius 1 is 0.943 bits per heavy atom. The minimum Gasteiger partial charge on any atom is -0.354 e. The first kappa shape index (κ1) is 28.8. The van der Waals surface area contributed by atoms with Crippen LogP contribution in [-0.2, 0) is 26.2 Å². The van der Waals surface area contributed by atoms with Crippen molar-refractivity contribution in [2.45, 2.75) is 53.1 Å². The summed E-state index contributed by atoms with van der Waals surface area (Å²) < 4.78 is 27.3. The fourth-order valence-electron chi connectivity index (χ4n) is 3.46. The van der Waals surface area contributed by atoms with E-state index in [1.54, 1.807) is 19.1 Å². The number of nitrogens with zero attached hydrogens (tertiary/aromatic N) is 2. The van der Waals surface area contributed by atoms with Crippen LogP contribution in [0.4, 0.5) is 5.69 Å². The highest BCUT2D eigenvalue weighted by Crippen LogP contribution is 2.23. The molecule has 0 bridgehead atoms. The molecule has 2 aromatic carbocycles. The Bertz CT molecular complexity index is 1100. The van der Waals surface area contributed by atoms with Gasteiger partial charge in [0.25, 0.3) is 0 Å². The number of amides is 2. The van der Waals surface area contributed by atoms with Gasteiger partial charge in [-0.05, 0) is 54.2 Å². The van der Waals surface area contributed by atoms with Gasteiger partial charge in [0, 0.05) is 17.6 Å². The van der Waals surface area contributed by atoms with E-state index in [4.69, 9.17) is 0 Å². The summed E-state index contributed by atoms with van der Waals surface area (Å²) in [6.07, 6.45) is 1.08. The highest BCUT2D eigenvalue weighted by Gasteiger charge is 2.30. The van der Waals surface area contributed by atoms with Crippen LogP contribution in [0.5, 0.6) is 0 Å². The van der Waals surface area contributed by atoms with Crippen molar-refractivity contribution in [2.24, 2.45) is 5.92 Å². The van der Waals surface area contributed by atoms with Crippen LogP contribution in [0.3, 0.4) is 0 Å². The van der Waals surface area contributed by atoms with E-state index in [9.17, 15) is 18.0 Å². The number of halogens is 1. The second-order valence-electron chi connectivity index (χ2n) is 9.48. The molecule has 7 nitrogen and oxygen atoms in total.